The molecule has 0 radical (unpaired) electrons. The highest BCUT2D eigenvalue weighted by molar-refractivity contribution is 9.10. The van der Waals surface area contributed by atoms with Crippen molar-refractivity contribution in [1.82, 2.24) is 20.2 Å². The Bertz CT molecular complexity index is 773. The van der Waals surface area contributed by atoms with Crippen molar-refractivity contribution in [3.8, 4) is 0 Å². The van der Waals surface area contributed by atoms with E-state index in [0.717, 1.165) is 0 Å². The summed E-state index contributed by atoms with van der Waals surface area (Å²) in [5, 5.41) is 25.4. The Labute approximate surface area is 150 Å². The van der Waals surface area contributed by atoms with Gasteiger partial charge in [0.2, 0.25) is 11.1 Å². The van der Waals surface area contributed by atoms with Crippen LogP contribution in [0.2, 0.25) is 0 Å². The number of halogens is 1. The average Bonchev–Trinajstić information content (AvgIpc) is 2.95. The first kappa shape index (κ1) is 18.3. The minimum atomic E-state index is -0.501. The lowest BCUT2D eigenvalue weighted by Crippen LogP contribution is -2.24. The Morgan fingerprint density at radius 3 is 2.75 bits per heavy atom. The van der Waals surface area contributed by atoms with E-state index in [1.807, 2.05) is 20.8 Å². The number of carbonyl (C=O) groups excluding carboxylic acids is 1. The summed E-state index contributed by atoms with van der Waals surface area (Å²) in [5.74, 6) is -0.155. The zero-order chi connectivity index (χ0) is 17.9. The molecule has 11 heteroatoms. The minimum Gasteiger partial charge on any atom is -0.324 e. The Kier molecular flexibility index (Phi) is 5.54. The van der Waals surface area contributed by atoms with Crippen molar-refractivity contribution < 1.29 is 9.72 Å². The van der Waals surface area contributed by atoms with Gasteiger partial charge < -0.3 is 5.32 Å². The number of nitro groups is 1. The molecule has 0 unspecified atom stereocenters. The SMILES string of the molecule is CC(C)(C)n1nnnc1SCC(=O)Nc1ccc([N+](=O)[O-])cc1Br. The lowest BCUT2D eigenvalue weighted by molar-refractivity contribution is -0.384. The molecule has 9 nitrogen and oxygen atoms in total. The van der Waals surface area contributed by atoms with Gasteiger partial charge in [-0.05, 0) is 53.2 Å². The van der Waals surface area contributed by atoms with Gasteiger partial charge in [0.05, 0.1) is 21.9 Å². The second-order valence-corrected chi connectivity index (χ2v) is 7.60. The van der Waals surface area contributed by atoms with E-state index in [1.165, 1.54) is 30.0 Å². The van der Waals surface area contributed by atoms with Gasteiger partial charge in [-0.25, -0.2) is 4.68 Å². The summed E-state index contributed by atoms with van der Waals surface area (Å²) >= 11 is 4.42. The third kappa shape index (κ3) is 4.51. The first-order valence-corrected chi connectivity index (χ1v) is 8.62. The quantitative estimate of drug-likeness (QED) is 0.454. The highest BCUT2D eigenvalue weighted by Crippen LogP contribution is 2.27. The summed E-state index contributed by atoms with van der Waals surface area (Å²) in [6.07, 6.45) is 0. The molecule has 2 rings (SSSR count). The fraction of sp³-hybridized carbons (Fsp3) is 0.385. The van der Waals surface area contributed by atoms with E-state index in [-0.39, 0.29) is 22.9 Å². The number of nitrogens with one attached hydrogen (secondary N) is 1. The number of carbonyl (C=O) groups is 1. The molecule has 0 aliphatic carbocycles. The number of non-ortho nitro benzene ring substituents is 1. The Morgan fingerprint density at radius 1 is 1.46 bits per heavy atom. The number of thioether (sulfide) groups is 1. The standard InChI is InChI=1S/C13H15BrN6O3S/c1-13(2,3)19-12(16-17-18-19)24-7-11(21)15-10-5-4-8(20(22)23)6-9(10)14/h4-6H,7H2,1-3H3,(H,15,21). The van der Waals surface area contributed by atoms with Crippen LogP contribution in [0.3, 0.4) is 0 Å². The normalized spacial score (nSPS) is 11.3. The molecule has 2 aromatic rings. The van der Waals surface area contributed by atoms with Crippen LogP contribution in [0.1, 0.15) is 20.8 Å². The van der Waals surface area contributed by atoms with Gasteiger partial charge in [0.25, 0.3) is 5.69 Å². The second kappa shape index (κ2) is 7.26. The number of rotatable bonds is 5. The van der Waals surface area contributed by atoms with Crippen LogP contribution in [0.15, 0.2) is 27.8 Å². The number of aromatic nitrogens is 4. The smallest absolute Gasteiger partial charge is 0.270 e. The van der Waals surface area contributed by atoms with Crippen LogP contribution in [-0.4, -0.2) is 36.8 Å². The maximum atomic E-state index is 12.1. The Balaban J connectivity index is 2.00. The van der Waals surface area contributed by atoms with Crippen LogP contribution in [0.5, 0.6) is 0 Å². The molecule has 128 valence electrons. The van der Waals surface area contributed by atoms with E-state index in [1.54, 1.807) is 4.68 Å². The number of anilines is 1. The van der Waals surface area contributed by atoms with E-state index < -0.39 is 4.92 Å². The van der Waals surface area contributed by atoms with Crippen molar-refractivity contribution in [2.24, 2.45) is 0 Å². The fourth-order valence-electron chi connectivity index (χ4n) is 1.73. The number of hydrogen-bond acceptors (Lipinski definition) is 7. The summed E-state index contributed by atoms with van der Waals surface area (Å²) < 4.78 is 2.08. The van der Waals surface area contributed by atoms with Crippen LogP contribution >= 0.6 is 27.7 Å². The molecule has 0 aliphatic heterocycles. The van der Waals surface area contributed by atoms with Crippen molar-refractivity contribution in [3.05, 3.63) is 32.8 Å². The van der Waals surface area contributed by atoms with Crippen LogP contribution < -0.4 is 5.32 Å². The number of amides is 1. The molecule has 0 spiro atoms. The molecule has 1 amide bonds. The Hall–Kier alpha value is -2.01. The van der Waals surface area contributed by atoms with E-state index in [9.17, 15) is 14.9 Å². The van der Waals surface area contributed by atoms with Crippen LogP contribution in [0, 0.1) is 10.1 Å². The van der Waals surface area contributed by atoms with Gasteiger partial charge in [0, 0.05) is 16.6 Å². The molecule has 0 fully saturated rings. The van der Waals surface area contributed by atoms with Gasteiger partial charge in [0.1, 0.15) is 0 Å². The van der Waals surface area contributed by atoms with Crippen LogP contribution in [0.25, 0.3) is 0 Å². The number of nitro benzene ring substituents is 1. The molecule has 0 aliphatic rings. The van der Waals surface area contributed by atoms with Crippen molar-refractivity contribution in [2.45, 2.75) is 31.5 Å². The van der Waals surface area contributed by atoms with Gasteiger partial charge >= 0.3 is 0 Å². The molecule has 24 heavy (non-hydrogen) atoms. The number of tetrazole rings is 1. The predicted octanol–water partition coefficient (Wildman–Crippen LogP) is 2.83. The first-order valence-electron chi connectivity index (χ1n) is 6.84. The van der Waals surface area contributed by atoms with Gasteiger partial charge in [-0.3, -0.25) is 14.9 Å². The van der Waals surface area contributed by atoms with E-state index >= 15 is 0 Å². The van der Waals surface area contributed by atoms with E-state index in [0.29, 0.717) is 15.3 Å². The van der Waals surface area contributed by atoms with Crippen molar-refractivity contribution >= 4 is 45.0 Å². The largest absolute Gasteiger partial charge is 0.324 e. The van der Waals surface area contributed by atoms with Crippen molar-refractivity contribution in [1.29, 1.82) is 0 Å². The summed E-state index contributed by atoms with van der Waals surface area (Å²) in [6.45, 7) is 5.88. The minimum absolute atomic E-state index is 0.0568. The van der Waals surface area contributed by atoms with Gasteiger partial charge in [0.15, 0.2) is 0 Å². The second-order valence-electron chi connectivity index (χ2n) is 5.80. The molecule has 1 N–H and O–H groups in total. The molecule has 0 saturated carbocycles. The average molecular weight is 415 g/mol. The van der Waals surface area contributed by atoms with Crippen LogP contribution in [0.4, 0.5) is 11.4 Å². The number of nitrogens with zero attached hydrogens (tertiary/aromatic N) is 5. The lowest BCUT2D eigenvalue weighted by Gasteiger charge is -2.19. The molecule has 0 saturated heterocycles. The maximum absolute atomic E-state index is 12.1. The first-order chi connectivity index (χ1) is 11.2. The van der Waals surface area contributed by atoms with Gasteiger partial charge in [-0.15, -0.1) is 5.10 Å². The van der Waals surface area contributed by atoms with Crippen molar-refractivity contribution in [3.63, 3.8) is 0 Å². The molecule has 0 atom stereocenters. The molecule has 1 aromatic heterocycles. The molecule has 1 aromatic carbocycles. The molecular formula is C13H15BrN6O3S. The molecule has 1 heterocycles. The predicted molar refractivity (Wildman–Crippen MR) is 93.0 cm³/mol. The third-order valence-corrected chi connectivity index (χ3v) is 4.42. The Morgan fingerprint density at radius 2 is 2.17 bits per heavy atom. The van der Waals surface area contributed by atoms with E-state index in [4.69, 9.17) is 0 Å². The van der Waals surface area contributed by atoms with Crippen LogP contribution in [-0.2, 0) is 10.3 Å². The summed E-state index contributed by atoms with van der Waals surface area (Å²) in [6, 6.07) is 4.14. The summed E-state index contributed by atoms with van der Waals surface area (Å²) in [4.78, 5) is 22.3. The third-order valence-electron chi connectivity index (χ3n) is 2.85. The number of benzene rings is 1. The van der Waals surface area contributed by atoms with Crippen molar-refractivity contribution in [2.75, 3.05) is 11.1 Å². The highest BCUT2D eigenvalue weighted by Gasteiger charge is 2.20. The van der Waals surface area contributed by atoms with Gasteiger partial charge in [-0.2, -0.15) is 0 Å². The zero-order valence-corrected chi connectivity index (χ0v) is 15.6. The topological polar surface area (TPSA) is 116 Å². The maximum Gasteiger partial charge on any atom is 0.270 e. The molecular weight excluding hydrogens is 400 g/mol. The highest BCUT2D eigenvalue weighted by atomic mass is 79.9. The van der Waals surface area contributed by atoms with E-state index in [2.05, 4.69) is 36.8 Å². The monoisotopic (exact) mass is 414 g/mol. The molecule has 0 bridgehead atoms. The summed E-state index contributed by atoms with van der Waals surface area (Å²) in [7, 11) is 0. The summed E-state index contributed by atoms with van der Waals surface area (Å²) in [5.41, 5.74) is 0.115. The fourth-order valence-corrected chi connectivity index (χ4v) is 3.05. The number of hydrogen-bond donors (Lipinski definition) is 1. The zero-order valence-electron chi connectivity index (χ0n) is 13.2. The van der Waals surface area contributed by atoms with Gasteiger partial charge in [-0.1, -0.05) is 11.8 Å². The lowest BCUT2D eigenvalue weighted by atomic mass is 10.1.